The first-order chi connectivity index (χ1) is 7.58. The van der Waals surface area contributed by atoms with E-state index in [0.717, 1.165) is 26.1 Å². The van der Waals surface area contributed by atoms with Crippen LogP contribution in [0.5, 0.6) is 0 Å². The zero-order valence-corrected chi connectivity index (χ0v) is 10.9. The average molecular weight is 238 g/mol. The van der Waals surface area contributed by atoms with Gasteiger partial charge in [0.25, 0.3) is 0 Å². The van der Waals surface area contributed by atoms with Crippen LogP contribution in [0.25, 0.3) is 0 Å². The van der Waals surface area contributed by atoms with Gasteiger partial charge < -0.3 is 0 Å². The van der Waals surface area contributed by atoms with Crippen molar-refractivity contribution in [1.82, 2.24) is 4.90 Å². The van der Waals surface area contributed by atoms with Crippen molar-refractivity contribution in [2.45, 2.75) is 32.2 Å². The van der Waals surface area contributed by atoms with E-state index in [4.69, 9.17) is 11.6 Å². The second kappa shape index (κ2) is 4.77. The molecule has 0 spiro atoms. The van der Waals surface area contributed by atoms with Crippen LogP contribution < -0.4 is 0 Å². The Bertz CT molecular complexity index is 334. The molecule has 88 valence electrons. The zero-order chi connectivity index (χ0) is 11.6. The Morgan fingerprint density at radius 1 is 1.31 bits per heavy atom. The summed E-state index contributed by atoms with van der Waals surface area (Å²) in [7, 11) is 0. The van der Waals surface area contributed by atoms with Gasteiger partial charge in [-0.15, -0.1) is 11.6 Å². The molecule has 1 aliphatic heterocycles. The van der Waals surface area contributed by atoms with Gasteiger partial charge in [0.05, 0.1) is 0 Å². The van der Waals surface area contributed by atoms with Crippen LogP contribution in [0.3, 0.4) is 0 Å². The fourth-order valence-corrected chi connectivity index (χ4v) is 2.58. The quantitative estimate of drug-likeness (QED) is 0.712. The summed E-state index contributed by atoms with van der Waals surface area (Å²) in [6.45, 7) is 7.79. The number of halogens is 1. The Balaban J connectivity index is 1.97. The first-order valence-electron chi connectivity index (χ1n) is 5.98. The Kier molecular flexibility index (Phi) is 3.56. The van der Waals surface area contributed by atoms with E-state index in [-0.39, 0.29) is 5.41 Å². The molecule has 1 heterocycles. The molecule has 0 aromatic heterocycles. The molecule has 1 nitrogen and oxygen atoms in total. The van der Waals surface area contributed by atoms with Crippen molar-refractivity contribution in [2.24, 2.45) is 5.41 Å². The molecular weight excluding hydrogens is 218 g/mol. The monoisotopic (exact) mass is 237 g/mol. The topological polar surface area (TPSA) is 3.24 Å². The molecule has 1 aromatic carbocycles. The van der Waals surface area contributed by atoms with Gasteiger partial charge >= 0.3 is 0 Å². The minimum absolute atomic E-state index is 0.231. The molecule has 1 aromatic rings. The molecule has 16 heavy (non-hydrogen) atoms. The second-order valence-corrected chi connectivity index (χ2v) is 5.97. The highest BCUT2D eigenvalue weighted by Gasteiger charge is 2.34. The smallest absolute Gasteiger partial charge is 0.0411 e. The molecule has 0 amide bonds. The van der Waals surface area contributed by atoms with Crippen molar-refractivity contribution in [2.75, 3.05) is 13.1 Å². The van der Waals surface area contributed by atoms with Gasteiger partial charge in [0.15, 0.2) is 0 Å². The molecule has 1 atom stereocenters. The summed E-state index contributed by atoms with van der Waals surface area (Å²) < 4.78 is 0. The third-order valence-corrected chi connectivity index (χ3v) is 4.24. The van der Waals surface area contributed by atoms with Gasteiger partial charge in [-0.3, -0.25) is 4.90 Å². The first-order valence-corrected chi connectivity index (χ1v) is 6.42. The minimum Gasteiger partial charge on any atom is -0.298 e. The van der Waals surface area contributed by atoms with Crippen LogP contribution in [-0.2, 0) is 6.54 Å². The summed E-state index contributed by atoms with van der Waals surface area (Å²) in [6.07, 6.45) is 1.10. The number of rotatable bonds is 2. The second-order valence-electron chi connectivity index (χ2n) is 5.44. The zero-order valence-electron chi connectivity index (χ0n) is 10.1. The molecular formula is C14H20ClN. The van der Waals surface area contributed by atoms with E-state index in [0.29, 0.717) is 5.38 Å². The Morgan fingerprint density at radius 3 is 2.62 bits per heavy atom. The first kappa shape index (κ1) is 11.9. The molecule has 0 bridgehead atoms. The normalized spacial score (nSPS) is 25.6. The maximum atomic E-state index is 6.35. The van der Waals surface area contributed by atoms with Crippen LogP contribution in [0.1, 0.15) is 25.8 Å². The summed E-state index contributed by atoms with van der Waals surface area (Å²) in [5.41, 5.74) is 1.63. The van der Waals surface area contributed by atoms with Gasteiger partial charge in [-0.2, -0.15) is 0 Å². The van der Waals surface area contributed by atoms with Crippen LogP contribution in [0, 0.1) is 5.41 Å². The highest BCUT2D eigenvalue weighted by Crippen LogP contribution is 2.33. The van der Waals surface area contributed by atoms with Gasteiger partial charge in [0.2, 0.25) is 0 Å². The van der Waals surface area contributed by atoms with Crippen LogP contribution >= 0.6 is 11.6 Å². The number of nitrogens with zero attached hydrogens (tertiary/aromatic N) is 1. The predicted molar refractivity (Wildman–Crippen MR) is 69.8 cm³/mol. The largest absolute Gasteiger partial charge is 0.298 e. The number of likely N-dealkylation sites (tertiary alicyclic amines) is 1. The van der Waals surface area contributed by atoms with E-state index in [1.54, 1.807) is 0 Å². The third kappa shape index (κ3) is 2.78. The highest BCUT2D eigenvalue weighted by atomic mass is 35.5. The minimum atomic E-state index is 0.231. The molecule has 1 fully saturated rings. The van der Waals surface area contributed by atoms with Crippen molar-refractivity contribution in [3.8, 4) is 0 Å². The van der Waals surface area contributed by atoms with Crippen molar-refractivity contribution in [3.63, 3.8) is 0 Å². The van der Waals surface area contributed by atoms with Crippen molar-refractivity contribution < 1.29 is 0 Å². The average Bonchev–Trinajstić information content (AvgIpc) is 2.25. The molecule has 0 N–H and O–H groups in total. The standard InChI is InChI=1S/C14H20ClN/c1-14(2)11-16(9-8-13(14)15)10-12-6-4-3-5-7-12/h3-7,13H,8-11H2,1-2H3. The van der Waals surface area contributed by atoms with Crippen molar-refractivity contribution in [3.05, 3.63) is 35.9 Å². The van der Waals surface area contributed by atoms with E-state index < -0.39 is 0 Å². The Hall–Kier alpha value is -0.530. The van der Waals surface area contributed by atoms with Gasteiger partial charge in [-0.1, -0.05) is 44.2 Å². The molecule has 2 rings (SSSR count). The molecule has 1 saturated heterocycles. The maximum Gasteiger partial charge on any atom is 0.0411 e. The van der Waals surface area contributed by atoms with E-state index in [9.17, 15) is 0 Å². The lowest BCUT2D eigenvalue weighted by Gasteiger charge is -2.41. The third-order valence-electron chi connectivity index (χ3n) is 3.43. The molecule has 1 aliphatic rings. The Morgan fingerprint density at radius 2 is 2.00 bits per heavy atom. The summed E-state index contributed by atoms with van der Waals surface area (Å²) >= 11 is 6.35. The predicted octanol–water partition coefficient (Wildman–Crippen LogP) is 3.53. The van der Waals surface area contributed by atoms with Crippen molar-refractivity contribution in [1.29, 1.82) is 0 Å². The molecule has 2 heteroatoms. The highest BCUT2D eigenvalue weighted by molar-refractivity contribution is 6.21. The van der Waals surface area contributed by atoms with Crippen LogP contribution in [-0.4, -0.2) is 23.4 Å². The van der Waals surface area contributed by atoms with E-state index in [2.05, 4.69) is 49.1 Å². The fourth-order valence-electron chi connectivity index (χ4n) is 2.42. The fraction of sp³-hybridized carbons (Fsp3) is 0.571. The lowest BCUT2D eigenvalue weighted by Crippen LogP contribution is -2.45. The number of piperidine rings is 1. The van der Waals surface area contributed by atoms with Gasteiger partial charge in [0, 0.05) is 18.5 Å². The molecule has 0 saturated carbocycles. The van der Waals surface area contributed by atoms with E-state index >= 15 is 0 Å². The lowest BCUT2D eigenvalue weighted by molar-refractivity contribution is 0.116. The lowest BCUT2D eigenvalue weighted by atomic mass is 9.83. The SMILES string of the molecule is CC1(C)CN(Cc2ccccc2)CCC1Cl. The number of alkyl halides is 1. The molecule has 0 radical (unpaired) electrons. The molecule has 0 aliphatic carbocycles. The van der Waals surface area contributed by atoms with Crippen molar-refractivity contribution >= 4 is 11.6 Å². The molecule has 1 unspecified atom stereocenters. The number of hydrogen-bond acceptors (Lipinski definition) is 1. The van der Waals surface area contributed by atoms with Crippen LogP contribution in [0.15, 0.2) is 30.3 Å². The van der Waals surface area contributed by atoms with Crippen LogP contribution in [0.4, 0.5) is 0 Å². The van der Waals surface area contributed by atoms with E-state index in [1.807, 2.05) is 0 Å². The van der Waals surface area contributed by atoms with E-state index in [1.165, 1.54) is 5.56 Å². The van der Waals surface area contributed by atoms with Gasteiger partial charge in [-0.25, -0.2) is 0 Å². The summed E-state index contributed by atoms with van der Waals surface area (Å²) in [4.78, 5) is 2.51. The van der Waals surface area contributed by atoms with Gasteiger partial charge in [-0.05, 0) is 23.9 Å². The number of hydrogen-bond donors (Lipinski definition) is 0. The van der Waals surface area contributed by atoms with Crippen LogP contribution in [0.2, 0.25) is 0 Å². The summed E-state index contributed by atoms with van der Waals surface area (Å²) in [6, 6.07) is 10.7. The van der Waals surface area contributed by atoms with Gasteiger partial charge in [0.1, 0.15) is 0 Å². The number of benzene rings is 1. The summed E-state index contributed by atoms with van der Waals surface area (Å²) in [5, 5.41) is 0.319. The summed E-state index contributed by atoms with van der Waals surface area (Å²) in [5.74, 6) is 0. The maximum absolute atomic E-state index is 6.35. The Labute approximate surface area is 103 Å².